The molecule has 27 heavy (non-hydrogen) atoms. The van der Waals surface area contributed by atoms with Crippen LogP contribution in [0.4, 0.5) is 11.4 Å². The molecular formula is C18H22N2O5S2. The van der Waals surface area contributed by atoms with Gasteiger partial charge in [-0.15, -0.1) is 0 Å². The summed E-state index contributed by atoms with van der Waals surface area (Å²) < 4.78 is 50.9. The molecule has 1 heterocycles. The molecule has 0 aliphatic carbocycles. The number of hydrogen-bond donors (Lipinski definition) is 3. The number of sulfone groups is 1. The number of aliphatic hydroxyl groups is 1. The Morgan fingerprint density at radius 2 is 1.63 bits per heavy atom. The third kappa shape index (κ3) is 4.60. The molecule has 0 radical (unpaired) electrons. The molecule has 2 atom stereocenters. The number of aliphatic hydroxyl groups excluding tert-OH is 1. The lowest BCUT2D eigenvalue weighted by atomic mass is 10.2. The van der Waals surface area contributed by atoms with E-state index in [0.717, 1.165) is 5.56 Å². The first-order chi connectivity index (χ1) is 12.6. The molecule has 9 heteroatoms. The van der Waals surface area contributed by atoms with Crippen LogP contribution in [-0.2, 0) is 19.9 Å². The Morgan fingerprint density at radius 3 is 2.22 bits per heavy atom. The summed E-state index contributed by atoms with van der Waals surface area (Å²) in [6, 6.07) is 11.1. The highest BCUT2D eigenvalue weighted by Gasteiger charge is 2.36. The second-order valence-electron chi connectivity index (χ2n) is 6.85. The molecule has 1 aliphatic rings. The van der Waals surface area contributed by atoms with E-state index >= 15 is 0 Å². The fourth-order valence-electron chi connectivity index (χ4n) is 3.02. The first-order valence-corrected chi connectivity index (χ1v) is 11.7. The minimum absolute atomic E-state index is 0.130. The molecule has 2 aromatic rings. The molecule has 1 fully saturated rings. The number of benzene rings is 2. The van der Waals surface area contributed by atoms with E-state index in [1.165, 1.54) is 0 Å². The van der Waals surface area contributed by atoms with E-state index in [4.69, 9.17) is 0 Å². The number of anilines is 2. The van der Waals surface area contributed by atoms with Crippen LogP contribution in [0.15, 0.2) is 47.4 Å². The lowest BCUT2D eigenvalue weighted by molar-refractivity contribution is 0.190. The van der Waals surface area contributed by atoms with Crippen LogP contribution in [0.3, 0.4) is 0 Å². The van der Waals surface area contributed by atoms with Gasteiger partial charge in [0.1, 0.15) is 0 Å². The van der Waals surface area contributed by atoms with Crippen LogP contribution in [0.2, 0.25) is 0 Å². The zero-order valence-corrected chi connectivity index (χ0v) is 16.6. The van der Waals surface area contributed by atoms with E-state index in [1.54, 1.807) is 43.3 Å². The molecule has 0 bridgehead atoms. The zero-order valence-electron chi connectivity index (χ0n) is 15.0. The Balaban J connectivity index is 1.73. The predicted molar refractivity (Wildman–Crippen MR) is 105 cm³/mol. The van der Waals surface area contributed by atoms with Gasteiger partial charge in [-0.25, -0.2) is 16.8 Å². The normalized spacial score (nSPS) is 21.7. The highest BCUT2D eigenvalue weighted by atomic mass is 32.2. The quantitative estimate of drug-likeness (QED) is 0.691. The summed E-state index contributed by atoms with van der Waals surface area (Å²) >= 11 is 0. The highest BCUT2D eigenvalue weighted by molar-refractivity contribution is 7.92. The highest BCUT2D eigenvalue weighted by Crippen LogP contribution is 2.23. The third-order valence-corrected chi connectivity index (χ3v) is 7.68. The Kier molecular flexibility index (Phi) is 5.20. The van der Waals surface area contributed by atoms with E-state index in [9.17, 15) is 21.9 Å². The van der Waals surface area contributed by atoms with Crippen molar-refractivity contribution in [2.75, 3.05) is 21.5 Å². The number of aryl methyl sites for hydroxylation is 2. The Hall–Kier alpha value is -2.10. The van der Waals surface area contributed by atoms with Crippen LogP contribution in [0.1, 0.15) is 11.1 Å². The smallest absolute Gasteiger partial charge is 0.262 e. The second kappa shape index (κ2) is 7.14. The van der Waals surface area contributed by atoms with Crippen molar-refractivity contribution in [3.63, 3.8) is 0 Å². The van der Waals surface area contributed by atoms with Gasteiger partial charge in [-0.1, -0.05) is 12.1 Å². The van der Waals surface area contributed by atoms with Crippen LogP contribution in [0.5, 0.6) is 0 Å². The first kappa shape index (κ1) is 19.7. The van der Waals surface area contributed by atoms with Gasteiger partial charge in [0, 0.05) is 11.4 Å². The summed E-state index contributed by atoms with van der Waals surface area (Å²) in [5, 5.41) is 12.8. The van der Waals surface area contributed by atoms with Gasteiger partial charge >= 0.3 is 0 Å². The molecule has 3 rings (SSSR count). The lowest BCUT2D eigenvalue weighted by Gasteiger charge is -2.17. The van der Waals surface area contributed by atoms with Crippen molar-refractivity contribution in [1.29, 1.82) is 0 Å². The minimum atomic E-state index is -3.72. The molecule has 1 aliphatic heterocycles. The largest absolute Gasteiger partial charge is 0.390 e. The van der Waals surface area contributed by atoms with Gasteiger partial charge in [0.2, 0.25) is 0 Å². The zero-order chi connectivity index (χ0) is 19.8. The number of hydrogen-bond acceptors (Lipinski definition) is 6. The molecule has 2 aromatic carbocycles. The molecule has 3 N–H and O–H groups in total. The molecular weight excluding hydrogens is 388 g/mol. The summed E-state index contributed by atoms with van der Waals surface area (Å²) in [6.45, 7) is 3.57. The molecule has 0 aromatic heterocycles. The van der Waals surface area contributed by atoms with Crippen molar-refractivity contribution in [2.24, 2.45) is 0 Å². The number of sulfonamides is 1. The summed E-state index contributed by atoms with van der Waals surface area (Å²) in [5.74, 6) is -0.381. The van der Waals surface area contributed by atoms with Gasteiger partial charge in [0.15, 0.2) is 9.84 Å². The van der Waals surface area contributed by atoms with Crippen molar-refractivity contribution >= 4 is 31.2 Å². The van der Waals surface area contributed by atoms with Gasteiger partial charge in [0.05, 0.1) is 28.5 Å². The van der Waals surface area contributed by atoms with Gasteiger partial charge in [0.25, 0.3) is 10.0 Å². The molecule has 0 saturated carbocycles. The summed E-state index contributed by atoms with van der Waals surface area (Å²) in [4.78, 5) is 0.226. The maximum absolute atomic E-state index is 12.6. The van der Waals surface area contributed by atoms with Crippen molar-refractivity contribution < 1.29 is 21.9 Å². The molecule has 0 spiro atoms. The Bertz CT molecular complexity index is 1050. The van der Waals surface area contributed by atoms with Gasteiger partial charge in [-0.2, -0.15) is 0 Å². The van der Waals surface area contributed by atoms with Gasteiger partial charge < -0.3 is 10.4 Å². The van der Waals surface area contributed by atoms with Crippen LogP contribution in [0.25, 0.3) is 0 Å². The van der Waals surface area contributed by atoms with Crippen LogP contribution >= 0.6 is 0 Å². The summed E-state index contributed by atoms with van der Waals surface area (Å²) in [5.41, 5.74) is 2.50. The lowest BCUT2D eigenvalue weighted by Crippen LogP contribution is -2.31. The van der Waals surface area contributed by atoms with Crippen LogP contribution in [-0.4, -0.2) is 45.6 Å². The number of rotatable bonds is 5. The summed E-state index contributed by atoms with van der Waals surface area (Å²) in [6.07, 6.45) is -0.961. The van der Waals surface area contributed by atoms with Gasteiger partial charge in [-0.05, 0) is 55.3 Å². The van der Waals surface area contributed by atoms with Crippen LogP contribution < -0.4 is 10.0 Å². The Morgan fingerprint density at radius 1 is 1.00 bits per heavy atom. The van der Waals surface area contributed by atoms with Gasteiger partial charge in [-0.3, -0.25) is 4.72 Å². The number of nitrogens with one attached hydrogen (secondary N) is 2. The molecule has 0 unspecified atom stereocenters. The molecule has 0 amide bonds. The van der Waals surface area contributed by atoms with Crippen molar-refractivity contribution in [1.82, 2.24) is 0 Å². The van der Waals surface area contributed by atoms with E-state index in [1.807, 2.05) is 13.0 Å². The van der Waals surface area contributed by atoms with E-state index in [0.29, 0.717) is 16.9 Å². The summed E-state index contributed by atoms with van der Waals surface area (Å²) in [7, 11) is -6.96. The average molecular weight is 411 g/mol. The van der Waals surface area contributed by atoms with Crippen molar-refractivity contribution in [2.45, 2.75) is 30.9 Å². The fraction of sp³-hybridized carbons (Fsp3) is 0.333. The minimum Gasteiger partial charge on any atom is -0.390 e. The molecule has 7 nitrogen and oxygen atoms in total. The van der Waals surface area contributed by atoms with Crippen LogP contribution in [0, 0.1) is 13.8 Å². The van der Waals surface area contributed by atoms with Crippen molar-refractivity contribution in [3.05, 3.63) is 53.6 Å². The standard InChI is InChI=1S/C18H22N2O5S2/c1-12-3-4-13(2)18(9-12)27(24,25)20-15-7-5-14(6-8-15)19-16-10-26(22,23)11-17(16)21/h3-9,16-17,19-21H,10-11H2,1-2H3/t16-,17+/m1/s1. The second-order valence-corrected chi connectivity index (χ2v) is 10.7. The van der Waals surface area contributed by atoms with E-state index in [2.05, 4.69) is 10.0 Å². The maximum atomic E-state index is 12.6. The third-order valence-electron chi connectivity index (χ3n) is 4.44. The maximum Gasteiger partial charge on any atom is 0.262 e. The van der Waals surface area contributed by atoms with Crippen molar-refractivity contribution in [3.8, 4) is 0 Å². The fourth-order valence-corrected chi connectivity index (χ4v) is 6.15. The van der Waals surface area contributed by atoms with E-state index in [-0.39, 0.29) is 16.4 Å². The monoisotopic (exact) mass is 410 g/mol. The molecule has 146 valence electrons. The predicted octanol–water partition coefficient (Wildman–Crippen LogP) is 1.67. The average Bonchev–Trinajstić information content (AvgIpc) is 2.83. The van der Waals surface area contributed by atoms with E-state index < -0.39 is 32.0 Å². The first-order valence-electron chi connectivity index (χ1n) is 8.41. The Labute approximate surface area is 159 Å². The molecule has 1 saturated heterocycles. The topological polar surface area (TPSA) is 113 Å². The SMILES string of the molecule is Cc1ccc(C)c(S(=O)(=O)Nc2ccc(N[C@@H]3CS(=O)(=O)C[C@@H]3O)cc2)c1.